The lowest BCUT2D eigenvalue weighted by Gasteiger charge is -2.21. The van der Waals surface area contributed by atoms with Crippen molar-refractivity contribution in [1.82, 2.24) is 4.90 Å². The summed E-state index contributed by atoms with van der Waals surface area (Å²) in [5, 5.41) is 3.06. The molecule has 1 aromatic carbocycles. The molecule has 1 aliphatic carbocycles. The molecule has 0 heterocycles. The summed E-state index contributed by atoms with van der Waals surface area (Å²) in [6, 6.07) is 8.19. The van der Waals surface area contributed by atoms with Crippen LogP contribution < -0.4 is 5.32 Å². The molecule has 0 saturated heterocycles. The van der Waals surface area contributed by atoms with E-state index in [1.165, 1.54) is 12.8 Å². The summed E-state index contributed by atoms with van der Waals surface area (Å²) in [5.41, 5.74) is 1.83. The third-order valence-corrected chi connectivity index (χ3v) is 3.13. The molecule has 0 atom stereocenters. The number of hydrogen-bond acceptors (Lipinski definition) is 2. The van der Waals surface area contributed by atoms with E-state index in [4.69, 9.17) is 0 Å². The first kappa shape index (κ1) is 12.0. The highest BCUT2D eigenvalue weighted by Crippen LogP contribution is 2.28. The molecule has 0 radical (unpaired) electrons. The third kappa shape index (κ3) is 2.78. The van der Waals surface area contributed by atoms with Gasteiger partial charge in [-0.05, 0) is 43.5 Å². The van der Waals surface area contributed by atoms with Crippen LogP contribution in [0.4, 0.5) is 5.69 Å². The molecule has 0 unspecified atom stereocenters. The molecular formula is C14H20N2O. The molecule has 1 saturated carbocycles. The third-order valence-electron chi connectivity index (χ3n) is 3.13. The van der Waals surface area contributed by atoms with Crippen molar-refractivity contribution in [2.24, 2.45) is 0 Å². The highest BCUT2D eigenvalue weighted by atomic mass is 16.2. The van der Waals surface area contributed by atoms with Crippen molar-refractivity contribution < 1.29 is 4.79 Å². The van der Waals surface area contributed by atoms with E-state index in [1.807, 2.05) is 36.2 Å². The summed E-state index contributed by atoms with van der Waals surface area (Å²) >= 11 is 0. The van der Waals surface area contributed by atoms with Crippen LogP contribution in [-0.2, 0) is 0 Å². The fourth-order valence-corrected chi connectivity index (χ4v) is 2.02. The Kier molecular flexibility index (Phi) is 3.67. The Hall–Kier alpha value is -1.51. The second kappa shape index (κ2) is 5.21. The lowest BCUT2D eigenvalue weighted by molar-refractivity contribution is 0.0743. The molecule has 17 heavy (non-hydrogen) atoms. The van der Waals surface area contributed by atoms with Crippen molar-refractivity contribution in [2.75, 3.05) is 18.9 Å². The van der Waals surface area contributed by atoms with Gasteiger partial charge in [0.05, 0.1) is 0 Å². The van der Waals surface area contributed by atoms with Gasteiger partial charge >= 0.3 is 0 Å². The Labute approximate surface area is 103 Å². The summed E-state index contributed by atoms with van der Waals surface area (Å²) in [7, 11) is 1.88. The minimum Gasteiger partial charge on any atom is -0.388 e. The Morgan fingerprint density at radius 1 is 1.35 bits per heavy atom. The molecule has 1 aromatic rings. The van der Waals surface area contributed by atoms with E-state index in [2.05, 4.69) is 12.2 Å². The zero-order chi connectivity index (χ0) is 12.3. The number of amides is 1. The maximum Gasteiger partial charge on any atom is 0.254 e. The number of hydrogen-bond donors (Lipinski definition) is 1. The number of nitrogens with zero attached hydrogens (tertiary/aromatic N) is 1. The summed E-state index contributed by atoms with van der Waals surface area (Å²) in [6.45, 7) is 2.99. The molecular weight excluding hydrogens is 212 g/mol. The largest absolute Gasteiger partial charge is 0.388 e. The van der Waals surface area contributed by atoms with Crippen LogP contribution in [0.1, 0.15) is 36.5 Å². The molecule has 3 heteroatoms. The van der Waals surface area contributed by atoms with E-state index in [-0.39, 0.29) is 5.91 Å². The van der Waals surface area contributed by atoms with Crippen LogP contribution >= 0.6 is 0 Å². The summed E-state index contributed by atoms with van der Waals surface area (Å²) in [4.78, 5) is 14.3. The first-order chi connectivity index (χ1) is 8.26. The average Bonchev–Trinajstić information content (AvgIpc) is 3.19. The molecule has 0 aromatic heterocycles. The van der Waals surface area contributed by atoms with Crippen LogP contribution in [-0.4, -0.2) is 30.4 Å². The standard InChI is InChI=1S/C14H20N2O/c1-3-10-16(13-8-9-13)14(17)11-4-6-12(15-2)7-5-11/h4-7,13,15H,3,8-10H2,1-2H3. The number of rotatable bonds is 5. The first-order valence-electron chi connectivity index (χ1n) is 6.35. The van der Waals surface area contributed by atoms with Crippen LogP contribution in [0.5, 0.6) is 0 Å². The Morgan fingerprint density at radius 2 is 2.00 bits per heavy atom. The second-order valence-corrected chi connectivity index (χ2v) is 4.56. The highest BCUT2D eigenvalue weighted by Gasteiger charge is 2.32. The van der Waals surface area contributed by atoms with Crippen molar-refractivity contribution in [3.63, 3.8) is 0 Å². The number of carbonyl (C=O) groups excluding carboxylic acids is 1. The zero-order valence-electron chi connectivity index (χ0n) is 10.6. The van der Waals surface area contributed by atoms with E-state index in [0.29, 0.717) is 6.04 Å². The number of anilines is 1. The molecule has 92 valence electrons. The summed E-state index contributed by atoms with van der Waals surface area (Å²) < 4.78 is 0. The molecule has 3 nitrogen and oxygen atoms in total. The van der Waals surface area contributed by atoms with Crippen molar-refractivity contribution >= 4 is 11.6 Å². The van der Waals surface area contributed by atoms with Gasteiger partial charge < -0.3 is 10.2 Å². The molecule has 0 bridgehead atoms. The van der Waals surface area contributed by atoms with E-state index in [9.17, 15) is 4.79 Å². The van der Waals surface area contributed by atoms with Crippen LogP contribution in [0.25, 0.3) is 0 Å². The van der Waals surface area contributed by atoms with Crippen LogP contribution in [0, 0.1) is 0 Å². The zero-order valence-corrected chi connectivity index (χ0v) is 10.6. The smallest absolute Gasteiger partial charge is 0.254 e. The molecule has 1 amide bonds. The lowest BCUT2D eigenvalue weighted by Crippen LogP contribution is -2.33. The van der Waals surface area contributed by atoms with Gasteiger partial charge in [-0.2, -0.15) is 0 Å². The van der Waals surface area contributed by atoms with Crippen LogP contribution in [0.15, 0.2) is 24.3 Å². The predicted molar refractivity (Wildman–Crippen MR) is 70.3 cm³/mol. The Morgan fingerprint density at radius 3 is 2.47 bits per heavy atom. The first-order valence-corrected chi connectivity index (χ1v) is 6.35. The molecule has 1 N–H and O–H groups in total. The van der Waals surface area contributed by atoms with Crippen molar-refractivity contribution in [2.45, 2.75) is 32.2 Å². The van der Waals surface area contributed by atoms with E-state index >= 15 is 0 Å². The van der Waals surface area contributed by atoms with Crippen LogP contribution in [0.3, 0.4) is 0 Å². The average molecular weight is 232 g/mol. The number of nitrogens with one attached hydrogen (secondary N) is 1. The quantitative estimate of drug-likeness (QED) is 0.846. The van der Waals surface area contributed by atoms with Crippen molar-refractivity contribution in [1.29, 1.82) is 0 Å². The van der Waals surface area contributed by atoms with Gasteiger partial charge in [0.15, 0.2) is 0 Å². The molecule has 1 fully saturated rings. The fourth-order valence-electron chi connectivity index (χ4n) is 2.02. The van der Waals surface area contributed by atoms with Crippen molar-refractivity contribution in [3.8, 4) is 0 Å². The van der Waals surface area contributed by atoms with Gasteiger partial charge in [-0.25, -0.2) is 0 Å². The lowest BCUT2D eigenvalue weighted by atomic mass is 10.1. The summed E-state index contributed by atoms with van der Waals surface area (Å²) in [5.74, 6) is 0.178. The minimum absolute atomic E-state index is 0.178. The maximum absolute atomic E-state index is 12.3. The van der Waals surface area contributed by atoms with E-state index < -0.39 is 0 Å². The molecule has 0 spiro atoms. The van der Waals surface area contributed by atoms with Gasteiger partial charge in [-0.15, -0.1) is 0 Å². The minimum atomic E-state index is 0.178. The van der Waals surface area contributed by atoms with Gasteiger partial charge in [0.1, 0.15) is 0 Å². The number of carbonyl (C=O) groups is 1. The molecule has 2 rings (SSSR count). The monoisotopic (exact) mass is 232 g/mol. The topological polar surface area (TPSA) is 32.3 Å². The normalized spacial score (nSPS) is 14.5. The van der Waals surface area contributed by atoms with Gasteiger partial charge in [-0.3, -0.25) is 4.79 Å². The predicted octanol–water partition coefficient (Wildman–Crippen LogP) is 2.74. The summed E-state index contributed by atoms with van der Waals surface area (Å²) in [6.07, 6.45) is 3.36. The van der Waals surface area contributed by atoms with Crippen LogP contribution in [0.2, 0.25) is 0 Å². The molecule has 0 aliphatic heterocycles. The Bertz CT molecular complexity index is 382. The second-order valence-electron chi connectivity index (χ2n) is 4.56. The van der Waals surface area contributed by atoms with Gasteiger partial charge in [0.2, 0.25) is 0 Å². The fraction of sp³-hybridized carbons (Fsp3) is 0.500. The van der Waals surface area contributed by atoms with Crippen molar-refractivity contribution in [3.05, 3.63) is 29.8 Å². The van der Waals surface area contributed by atoms with E-state index in [0.717, 1.165) is 24.2 Å². The SMILES string of the molecule is CCCN(C(=O)c1ccc(NC)cc1)C1CC1. The maximum atomic E-state index is 12.3. The Balaban J connectivity index is 2.10. The highest BCUT2D eigenvalue weighted by molar-refractivity contribution is 5.95. The van der Waals surface area contributed by atoms with Gasteiger partial charge in [0.25, 0.3) is 5.91 Å². The van der Waals surface area contributed by atoms with E-state index in [1.54, 1.807) is 0 Å². The van der Waals surface area contributed by atoms with Gasteiger partial charge in [0, 0.05) is 30.9 Å². The molecule has 1 aliphatic rings. The number of benzene rings is 1. The van der Waals surface area contributed by atoms with Gasteiger partial charge in [-0.1, -0.05) is 6.92 Å².